The summed E-state index contributed by atoms with van der Waals surface area (Å²) in [7, 11) is 1.59. The monoisotopic (exact) mass is 355 g/mol. The van der Waals surface area contributed by atoms with Gasteiger partial charge in [0.15, 0.2) is 0 Å². The van der Waals surface area contributed by atoms with E-state index < -0.39 is 0 Å². The number of hydrogen-bond donors (Lipinski definition) is 1. The van der Waals surface area contributed by atoms with Gasteiger partial charge in [0.25, 0.3) is 5.91 Å². The molecule has 1 aromatic heterocycles. The molecule has 1 fully saturated rings. The van der Waals surface area contributed by atoms with Crippen LogP contribution in [0, 0.1) is 13.8 Å². The molecule has 2 aromatic rings. The van der Waals surface area contributed by atoms with Gasteiger partial charge in [-0.05, 0) is 43.2 Å². The molecule has 26 heavy (non-hydrogen) atoms. The minimum Gasteiger partial charge on any atom is -0.496 e. The maximum absolute atomic E-state index is 13.0. The number of amides is 2. The van der Waals surface area contributed by atoms with Crippen molar-refractivity contribution in [2.45, 2.75) is 20.3 Å². The molecule has 0 saturated carbocycles. The molecule has 2 amide bonds. The Morgan fingerprint density at radius 2 is 1.81 bits per heavy atom. The molecular formula is C20H25N3O3. The van der Waals surface area contributed by atoms with Gasteiger partial charge in [0.1, 0.15) is 5.75 Å². The third-order valence-electron chi connectivity index (χ3n) is 4.78. The molecule has 1 aromatic carbocycles. The second-order valence-electron chi connectivity index (χ2n) is 6.71. The Hall–Kier alpha value is -2.76. The SMILES string of the molecule is COc1c(C)cc(C)cc1C(=O)N1CCN(C(=O)Cc2ccc[nH]2)CC1. The molecule has 0 atom stereocenters. The number of nitrogens with zero attached hydrogens (tertiary/aromatic N) is 2. The summed E-state index contributed by atoms with van der Waals surface area (Å²) in [6.07, 6.45) is 2.18. The lowest BCUT2D eigenvalue weighted by Crippen LogP contribution is -2.51. The second kappa shape index (κ2) is 7.64. The van der Waals surface area contributed by atoms with Crippen LogP contribution in [-0.4, -0.2) is 59.9 Å². The fourth-order valence-corrected chi connectivity index (χ4v) is 3.47. The molecule has 2 heterocycles. The summed E-state index contributed by atoms with van der Waals surface area (Å²) in [4.78, 5) is 32.0. The Bertz CT molecular complexity index is 791. The molecule has 0 aliphatic carbocycles. The molecule has 6 nitrogen and oxygen atoms in total. The van der Waals surface area contributed by atoms with Crippen LogP contribution in [0.15, 0.2) is 30.5 Å². The van der Waals surface area contributed by atoms with Crippen molar-refractivity contribution in [1.29, 1.82) is 0 Å². The summed E-state index contributed by atoms with van der Waals surface area (Å²) in [5.41, 5.74) is 3.49. The summed E-state index contributed by atoms with van der Waals surface area (Å²) in [5.74, 6) is 0.680. The van der Waals surface area contributed by atoms with E-state index in [0.29, 0.717) is 43.9 Å². The fraction of sp³-hybridized carbons (Fsp3) is 0.400. The molecule has 138 valence electrons. The van der Waals surface area contributed by atoms with Gasteiger partial charge in [0.2, 0.25) is 5.91 Å². The van der Waals surface area contributed by atoms with E-state index in [4.69, 9.17) is 4.74 Å². The number of carbonyl (C=O) groups excluding carboxylic acids is 2. The lowest BCUT2D eigenvalue weighted by Gasteiger charge is -2.35. The molecule has 1 saturated heterocycles. The molecule has 1 N–H and O–H groups in total. The number of aromatic amines is 1. The van der Waals surface area contributed by atoms with Crippen molar-refractivity contribution in [3.05, 3.63) is 52.8 Å². The van der Waals surface area contributed by atoms with Gasteiger partial charge in [-0.1, -0.05) is 6.07 Å². The molecule has 6 heteroatoms. The quantitative estimate of drug-likeness (QED) is 0.914. The normalized spacial score (nSPS) is 14.4. The molecule has 1 aliphatic rings. The van der Waals surface area contributed by atoms with Crippen molar-refractivity contribution >= 4 is 11.8 Å². The van der Waals surface area contributed by atoms with E-state index in [9.17, 15) is 9.59 Å². The van der Waals surface area contributed by atoms with Crippen molar-refractivity contribution < 1.29 is 14.3 Å². The second-order valence-corrected chi connectivity index (χ2v) is 6.71. The van der Waals surface area contributed by atoms with Crippen LogP contribution in [0.2, 0.25) is 0 Å². The molecule has 1 aliphatic heterocycles. The molecular weight excluding hydrogens is 330 g/mol. The zero-order chi connectivity index (χ0) is 18.7. The highest BCUT2D eigenvalue weighted by Gasteiger charge is 2.27. The first kappa shape index (κ1) is 18.0. The predicted molar refractivity (Wildman–Crippen MR) is 99.4 cm³/mol. The van der Waals surface area contributed by atoms with Crippen molar-refractivity contribution in [2.75, 3.05) is 33.3 Å². The number of carbonyl (C=O) groups is 2. The maximum atomic E-state index is 13.0. The summed E-state index contributed by atoms with van der Waals surface area (Å²) in [5, 5.41) is 0. The van der Waals surface area contributed by atoms with E-state index in [-0.39, 0.29) is 11.8 Å². The Labute approximate surface area is 153 Å². The Balaban J connectivity index is 1.65. The van der Waals surface area contributed by atoms with Crippen LogP contribution in [0.1, 0.15) is 27.2 Å². The van der Waals surface area contributed by atoms with Gasteiger partial charge in [0.05, 0.1) is 19.1 Å². The first-order valence-electron chi connectivity index (χ1n) is 8.84. The van der Waals surface area contributed by atoms with E-state index in [1.165, 1.54) is 0 Å². The molecule has 0 spiro atoms. The van der Waals surface area contributed by atoms with E-state index >= 15 is 0 Å². The smallest absolute Gasteiger partial charge is 0.257 e. The van der Waals surface area contributed by atoms with Crippen molar-refractivity contribution in [2.24, 2.45) is 0 Å². The van der Waals surface area contributed by atoms with Crippen LogP contribution in [0.25, 0.3) is 0 Å². The number of aromatic nitrogens is 1. The number of nitrogens with one attached hydrogen (secondary N) is 1. The number of ether oxygens (including phenoxy) is 1. The fourth-order valence-electron chi connectivity index (χ4n) is 3.47. The Kier molecular flexibility index (Phi) is 5.30. The summed E-state index contributed by atoms with van der Waals surface area (Å²) >= 11 is 0. The summed E-state index contributed by atoms with van der Waals surface area (Å²) < 4.78 is 5.45. The topological polar surface area (TPSA) is 65.6 Å². The van der Waals surface area contributed by atoms with Gasteiger partial charge >= 0.3 is 0 Å². The van der Waals surface area contributed by atoms with Crippen LogP contribution >= 0.6 is 0 Å². The minimum atomic E-state index is -0.0369. The highest BCUT2D eigenvalue weighted by atomic mass is 16.5. The van der Waals surface area contributed by atoms with Crippen LogP contribution in [0.3, 0.4) is 0 Å². The summed E-state index contributed by atoms with van der Waals surface area (Å²) in [6, 6.07) is 7.67. The molecule has 3 rings (SSSR count). The van der Waals surface area contributed by atoms with Crippen LogP contribution in [0.4, 0.5) is 0 Å². The number of aryl methyl sites for hydroxylation is 2. The highest BCUT2D eigenvalue weighted by Crippen LogP contribution is 2.26. The lowest BCUT2D eigenvalue weighted by molar-refractivity contribution is -0.132. The average molecular weight is 355 g/mol. The molecule has 0 radical (unpaired) electrons. The Morgan fingerprint density at radius 1 is 1.12 bits per heavy atom. The largest absolute Gasteiger partial charge is 0.496 e. The van der Waals surface area contributed by atoms with Gasteiger partial charge in [-0.25, -0.2) is 0 Å². The number of methoxy groups -OCH3 is 1. The standard InChI is InChI=1S/C20H25N3O3/c1-14-11-15(2)19(26-3)17(12-14)20(25)23-9-7-22(8-10-23)18(24)13-16-5-4-6-21-16/h4-6,11-12,21H,7-10,13H2,1-3H3. The van der Waals surface area contributed by atoms with Crippen molar-refractivity contribution in [3.8, 4) is 5.75 Å². The lowest BCUT2D eigenvalue weighted by atomic mass is 10.0. The van der Waals surface area contributed by atoms with Gasteiger partial charge in [-0.2, -0.15) is 0 Å². The zero-order valence-corrected chi connectivity index (χ0v) is 15.5. The van der Waals surface area contributed by atoms with E-state index in [0.717, 1.165) is 16.8 Å². The van der Waals surface area contributed by atoms with Gasteiger partial charge in [0, 0.05) is 38.1 Å². The first-order chi connectivity index (χ1) is 12.5. The third kappa shape index (κ3) is 3.74. The predicted octanol–water partition coefficient (Wildman–Crippen LogP) is 2.17. The minimum absolute atomic E-state index is 0.0369. The number of benzene rings is 1. The average Bonchev–Trinajstić information content (AvgIpc) is 3.13. The number of hydrogen-bond acceptors (Lipinski definition) is 3. The van der Waals surface area contributed by atoms with Crippen LogP contribution in [0.5, 0.6) is 5.75 Å². The van der Waals surface area contributed by atoms with E-state index in [1.807, 2.05) is 49.2 Å². The van der Waals surface area contributed by atoms with E-state index in [1.54, 1.807) is 12.0 Å². The van der Waals surface area contributed by atoms with Crippen LogP contribution < -0.4 is 4.74 Å². The van der Waals surface area contributed by atoms with Gasteiger partial charge in [-0.15, -0.1) is 0 Å². The number of H-pyrrole nitrogens is 1. The Morgan fingerprint density at radius 3 is 2.42 bits per heavy atom. The molecule has 0 unspecified atom stereocenters. The third-order valence-corrected chi connectivity index (χ3v) is 4.78. The summed E-state index contributed by atoms with van der Waals surface area (Å²) in [6.45, 7) is 6.09. The van der Waals surface area contributed by atoms with Gasteiger partial charge in [-0.3, -0.25) is 9.59 Å². The number of rotatable bonds is 4. The van der Waals surface area contributed by atoms with Crippen LogP contribution in [-0.2, 0) is 11.2 Å². The maximum Gasteiger partial charge on any atom is 0.257 e. The molecule has 0 bridgehead atoms. The van der Waals surface area contributed by atoms with Gasteiger partial charge < -0.3 is 19.5 Å². The zero-order valence-electron chi connectivity index (χ0n) is 15.5. The van der Waals surface area contributed by atoms with Crippen molar-refractivity contribution in [1.82, 2.24) is 14.8 Å². The highest BCUT2D eigenvalue weighted by molar-refractivity contribution is 5.97. The number of piperazine rings is 1. The first-order valence-corrected chi connectivity index (χ1v) is 8.84. The van der Waals surface area contributed by atoms with E-state index in [2.05, 4.69) is 4.98 Å². The van der Waals surface area contributed by atoms with Crippen molar-refractivity contribution in [3.63, 3.8) is 0 Å².